The van der Waals surface area contributed by atoms with E-state index in [0.29, 0.717) is 18.9 Å². The van der Waals surface area contributed by atoms with Gasteiger partial charge in [-0.2, -0.15) is 0 Å². The number of likely N-dealkylation sites (tertiary alicyclic amines) is 1. The quantitative estimate of drug-likeness (QED) is 0.850. The first kappa shape index (κ1) is 14.2. The molecule has 1 unspecified atom stereocenters. The minimum absolute atomic E-state index is 0.0889. The molecular formula is C14H24N2O3. The van der Waals surface area contributed by atoms with Crippen molar-refractivity contribution in [3.05, 3.63) is 0 Å². The van der Waals surface area contributed by atoms with Crippen molar-refractivity contribution in [3.8, 4) is 0 Å². The maximum atomic E-state index is 12.6. The third-order valence-electron chi connectivity index (χ3n) is 4.05. The summed E-state index contributed by atoms with van der Waals surface area (Å²) in [5, 5.41) is 9.26. The molecule has 0 aromatic rings. The van der Waals surface area contributed by atoms with E-state index < -0.39 is 12.0 Å². The largest absolute Gasteiger partial charge is 0.480 e. The van der Waals surface area contributed by atoms with Gasteiger partial charge in [-0.1, -0.05) is 0 Å². The van der Waals surface area contributed by atoms with Crippen LogP contribution in [0.4, 0.5) is 4.79 Å². The van der Waals surface area contributed by atoms with Gasteiger partial charge in [-0.3, -0.25) is 0 Å². The van der Waals surface area contributed by atoms with Gasteiger partial charge in [0.15, 0.2) is 0 Å². The Morgan fingerprint density at radius 3 is 2.47 bits per heavy atom. The lowest BCUT2D eigenvalue weighted by atomic mass is 10.0. The predicted octanol–water partition coefficient (Wildman–Crippen LogP) is 2.17. The minimum atomic E-state index is -0.872. The molecule has 108 valence electrons. The molecule has 0 aromatic heterocycles. The van der Waals surface area contributed by atoms with Gasteiger partial charge in [0.25, 0.3) is 0 Å². The molecule has 5 nitrogen and oxygen atoms in total. The van der Waals surface area contributed by atoms with Crippen molar-refractivity contribution >= 4 is 12.0 Å². The number of amides is 2. The van der Waals surface area contributed by atoms with Gasteiger partial charge in [-0.05, 0) is 51.9 Å². The standard InChI is InChI=1S/C14H24N2O3/c1-10(2)16(9-11-6-7-11)14(19)15-8-4-3-5-12(15)13(17)18/h10-12H,3-9H2,1-2H3,(H,17,18). The van der Waals surface area contributed by atoms with Crippen molar-refractivity contribution in [3.63, 3.8) is 0 Å². The maximum absolute atomic E-state index is 12.6. The van der Waals surface area contributed by atoms with Crippen molar-refractivity contribution < 1.29 is 14.7 Å². The molecule has 1 aliphatic carbocycles. The van der Waals surface area contributed by atoms with Crippen molar-refractivity contribution in [2.24, 2.45) is 5.92 Å². The molecule has 1 saturated carbocycles. The van der Waals surface area contributed by atoms with Crippen molar-refractivity contribution in [2.75, 3.05) is 13.1 Å². The maximum Gasteiger partial charge on any atom is 0.326 e. The van der Waals surface area contributed by atoms with Crippen LogP contribution in [0.5, 0.6) is 0 Å². The Kier molecular flexibility index (Phi) is 4.32. The third-order valence-corrected chi connectivity index (χ3v) is 4.05. The summed E-state index contributed by atoms with van der Waals surface area (Å²) in [6.45, 7) is 5.35. The molecule has 5 heteroatoms. The van der Waals surface area contributed by atoms with Crippen LogP contribution in [-0.4, -0.2) is 52.1 Å². The lowest BCUT2D eigenvalue weighted by Gasteiger charge is -2.38. The van der Waals surface area contributed by atoms with Gasteiger partial charge in [0.1, 0.15) is 6.04 Å². The monoisotopic (exact) mass is 268 g/mol. The zero-order valence-electron chi connectivity index (χ0n) is 11.8. The van der Waals surface area contributed by atoms with Crippen LogP contribution in [-0.2, 0) is 4.79 Å². The van der Waals surface area contributed by atoms with Gasteiger partial charge in [-0.25, -0.2) is 9.59 Å². The van der Waals surface area contributed by atoms with Crippen LogP contribution in [0.1, 0.15) is 46.0 Å². The molecule has 1 heterocycles. The van der Waals surface area contributed by atoms with Crippen LogP contribution in [0.3, 0.4) is 0 Å². The first-order valence-corrected chi connectivity index (χ1v) is 7.30. The number of hydrogen-bond acceptors (Lipinski definition) is 2. The zero-order chi connectivity index (χ0) is 14.0. The lowest BCUT2D eigenvalue weighted by Crippen LogP contribution is -2.55. The molecule has 0 radical (unpaired) electrons. The summed E-state index contributed by atoms with van der Waals surface area (Å²) in [5.74, 6) is -0.248. The van der Waals surface area contributed by atoms with Crippen molar-refractivity contribution in [2.45, 2.75) is 58.0 Å². The van der Waals surface area contributed by atoms with Crippen molar-refractivity contribution in [1.82, 2.24) is 9.80 Å². The SMILES string of the molecule is CC(C)N(CC1CC1)C(=O)N1CCCCC1C(=O)O. The number of nitrogens with zero attached hydrogens (tertiary/aromatic N) is 2. The molecule has 1 aliphatic heterocycles. The topological polar surface area (TPSA) is 60.9 Å². The van der Waals surface area contributed by atoms with Gasteiger partial charge in [0.2, 0.25) is 0 Å². The van der Waals surface area contributed by atoms with E-state index >= 15 is 0 Å². The van der Waals surface area contributed by atoms with Crippen LogP contribution in [0.25, 0.3) is 0 Å². The number of carbonyl (C=O) groups excluding carboxylic acids is 1. The molecule has 19 heavy (non-hydrogen) atoms. The van der Waals surface area contributed by atoms with E-state index in [2.05, 4.69) is 0 Å². The summed E-state index contributed by atoms with van der Waals surface area (Å²) >= 11 is 0. The second-order valence-electron chi connectivity index (χ2n) is 6.02. The Bertz CT molecular complexity index is 353. The first-order valence-electron chi connectivity index (χ1n) is 7.30. The third kappa shape index (κ3) is 3.39. The smallest absolute Gasteiger partial charge is 0.326 e. The van der Waals surface area contributed by atoms with Gasteiger partial charge in [-0.15, -0.1) is 0 Å². The highest BCUT2D eigenvalue weighted by Crippen LogP contribution is 2.31. The fourth-order valence-electron chi connectivity index (χ4n) is 2.67. The minimum Gasteiger partial charge on any atom is -0.480 e. The fraction of sp³-hybridized carbons (Fsp3) is 0.857. The van der Waals surface area contributed by atoms with E-state index in [1.54, 1.807) is 4.90 Å². The van der Waals surface area contributed by atoms with Crippen LogP contribution < -0.4 is 0 Å². The number of aliphatic carboxylic acids is 1. The highest BCUT2D eigenvalue weighted by molar-refractivity contribution is 5.83. The average molecular weight is 268 g/mol. The summed E-state index contributed by atoms with van der Waals surface area (Å²) in [7, 11) is 0. The van der Waals surface area contributed by atoms with E-state index in [1.165, 1.54) is 12.8 Å². The number of carbonyl (C=O) groups is 2. The molecule has 1 saturated heterocycles. The Hall–Kier alpha value is -1.26. The second-order valence-corrected chi connectivity index (χ2v) is 6.02. The van der Waals surface area contributed by atoms with E-state index in [9.17, 15) is 14.7 Å². The van der Waals surface area contributed by atoms with Crippen LogP contribution in [0.15, 0.2) is 0 Å². The molecule has 2 rings (SSSR count). The molecule has 2 fully saturated rings. The predicted molar refractivity (Wildman–Crippen MR) is 71.9 cm³/mol. The summed E-state index contributed by atoms with van der Waals surface area (Å²) in [4.78, 5) is 27.3. The summed E-state index contributed by atoms with van der Waals surface area (Å²) < 4.78 is 0. The van der Waals surface area contributed by atoms with E-state index in [4.69, 9.17) is 0 Å². The van der Waals surface area contributed by atoms with Crippen LogP contribution in [0, 0.1) is 5.92 Å². The molecule has 2 amide bonds. The van der Waals surface area contributed by atoms with Crippen LogP contribution >= 0.6 is 0 Å². The number of urea groups is 1. The van der Waals surface area contributed by atoms with Crippen LogP contribution in [0.2, 0.25) is 0 Å². The summed E-state index contributed by atoms with van der Waals surface area (Å²) in [6, 6.07) is -0.597. The molecule has 2 aliphatic rings. The molecule has 1 N–H and O–H groups in total. The highest BCUT2D eigenvalue weighted by Gasteiger charge is 2.36. The highest BCUT2D eigenvalue weighted by atomic mass is 16.4. The van der Waals surface area contributed by atoms with E-state index in [0.717, 1.165) is 19.4 Å². The Labute approximate surface area is 114 Å². The number of piperidine rings is 1. The van der Waals surface area contributed by atoms with Gasteiger partial charge in [0.05, 0.1) is 0 Å². The molecular weight excluding hydrogens is 244 g/mol. The Morgan fingerprint density at radius 1 is 1.26 bits per heavy atom. The Balaban J connectivity index is 2.06. The van der Waals surface area contributed by atoms with Gasteiger partial charge >= 0.3 is 12.0 Å². The number of carboxylic acids is 1. The second kappa shape index (κ2) is 5.80. The normalized spacial score (nSPS) is 23.5. The molecule has 1 atom stereocenters. The fourth-order valence-corrected chi connectivity index (χ4v) is 2.67. The average Bonchev–Trinajstić information content (AvgIpc) is 3.18. The lowest BCUT2D eigenvalue weighted by molar-refractivity contribution is -0.143. The Morgan fingerprint density at radius 2 is 1.95 bits per heavy atom. The number of hydrogen-bond donors (Lipinski definition) is 1. The van der Waals surface area contributed by atoms with Gasteiger partial charge < -0.3 is 14.9 Å². The molecule has 0 spiro atoms. The van der Waals surface area contributed by atoms with E-state index in [1.807, 2.05) is 18.7 Å². The number of carboxylic acid groups (broad SMARTS) is 1. The number of rotatable bonds is 4. The summed E-state index contributed by atoms with van der Waals surface area (Å²) in [5.41, 5.74) is 0. The zero-order valence-corrected chi connectivity index (χ0v) is 11.8. The molecule has 0 bridgehead atoms. The van der Waals surface area contributed by atoms with Gasteiger partial charge in [0, 0.05) is 19.1 Å². The van der Waals surface area contributed by atoms with Crippen molar-refractivity contribution in [1.29, 1.82) is 0 Å². The first-order chi connectivity index (χ1) is 9.00. The van der Waals surface area contributed by atoms with E-state index in [-0.39, 0.29) is 12.1 Å². The molecule has 0 aromatic carbocycles. The summed E-state index contributed by atoms with van der Waals surface area (Å²) in [6.07, 6.45) is 4.77.